The van der Waals surface area contributed by atoms with Gasteiger partial charge in [-0.05, 0) is 87.3 Å². The lowest BCUT2D eigenvalue weighted by molar-refractivity contribution is 0.247. The second-order valence-electron chi connectivity index (χ2n) is 8.42. The zero-order valence-electron chi connectivity index (χ0n) is 14.8. The number of fused-ring (bicyclic) bond motifs is 3. The maximum absolute atomic E-state index is 3.92. The lowest BCUT2D eigenvalue weighted by atomic mass is 9.83. The number of hydrogen-bond donors (Lipinski definition) is 2. The summed E-state index contributed by atoms with van der Waals surface area (Å²) in [7, 11) is 0. The van der Waals surface area contributed by atoms with E-state index < -0.39 is 0 Å². The Morgan fingerprint density at radius 2 is 2.13 bits per heavy atom. The molecular formula is C21H32N2. The van der Waals surface area contributed by atoms with Gasteiger partial charge in [0.25, 0.3) is 0 Å². The van der Waals surface area contributed by atoms with Crippen LogP contribution in [0.25, 0.3) is 0 Å². The molecule has 1 aromatic rings. The van der Waals surface area contributed by atoms with Crippen molar-refractivity contribution in [3.8, 4) is 0 Å². The normalized spacial score (nSPS) is 31.5. The van der Waals surface area contributed by atoms with E-state index in [9.17, 15) is 0 Å². The topological polar surface area (TPSA) is 24.1 Å². The highest BCUT2D eigenvalue weighted by molar-refractivity contribution is 5.54. The molecular weight excluding hydrogens is 280 g/mol. The molecule has 5 atom stereocenters. The van der Waals surface area contributed by atoms with Gasteiger partial charge in [0.2, 0.25) is 0 Å². The molecule has 1 heterocycles. The number of rotatable bonds is 5. The standard InChI is InChI=1S/C21H32N2/c1-14(23-15(2)20-13-17-5-7-18(20)11-17)10-16-6-8-21-19(12-16)4-3-9-22-21/h6,8,12,14-15,17-18,20,22-23H,3-5,7,9-11,13H2,1-2H3. The van der Waals surface area contributed by atoms with Crippen molar-refractivity contribution in [2.45, 2.75) is 70.9 Å². The van der Waals surface area contributed by atoms with Crippen molar-refractivity contribution in [3.63, 3.8) is 0 Å². The summed E-state index contributed by atoms with van der Waals surface area (Å²) in [6.45, 7) is 5.92. The van der Waals surface area contributed by atoms with E-state index in [1.165, 1.54) is 55.3 Å². The fourth-order valence-electron chi connectivity index (χ4n) is 5.55. The molecule has 2 N–H and O–H groups in total. The van der Waals surface area contributed by atoms with Crippen LogP contribution in [0.5, 0.6) is 0 Å². The molecule has 0 saturated heterocycles. The Bertz CT molecular complexity index is 553. The largest absolute Gasteiger partial charge is 0.385 e. The summed E-state index contributed by atoms with van der Waals surface area (Å²) in [5, 5.41) is 7.43. The van der Waals surface area contributed by atoms with Crippen LogP contribution in [0.2, 0.25) is 0 Å². The number of aryl methyl sites for hydroxylation is 1. The molecule has 2 nitrogen and oxygen atoms in total. The molecule has 2 bridgehead atoms. The summed E-state index contributed by atoms with van der Waals surface area (Å²) in [6.07, 6.45) is 9.66. The van der Waals surface area contributed by atoms with Crippen LogP contribution in [-0.2, 0) is 12.8 Å². The van der Waals surface area contributed by atoms with Crippen molar-refractivity contribution in [1.82, 2.24) is 5.32 Å². The van der Waals surface area contributed by atoms with Crippen molar-refractivity contribution in [1.29, 1.82) is 0 Å². The summed E-state index contributed by atoms with van der Waals surface area (Å²) in [6, 6.07) is 8.29. The van der Waals surface area contributed by atoms with Gasteiger partial charge < -0.3 is 10.6 Å². The molecule has 0 aromatic heterocycles. The second-order valence-corrected chi connectivity index (χ2v) is 8.42. The van der Waals surface area contributed by atoms with Gasteiger partial charge in [0.1, 0.15) is 0 Å². The van der Waals surface area contributed by atoms with Gasteiger partial charge >= 0.3 is 0 Å². The summed E-state index contributed by atoms with van der Waals surface area (Å²) in [5.41, 5.74) is 4.37. The first-order chi connectivity index (χ1) is 11.2. The van der Waals surface area contributed by atoms with Gasteiger partial charge in [0.15, 0.2) is 0 Å². The fraction of sp³-hybridized carbons (Fsp3) is 0.714. The van der Waals surface area contributed by atoms with E-state index in [1.54, 1.807) is 0 Å². The lowest BCUT2D eigenvalue weighted by Crippen LogP contribution is -2.42. The van der Waals surface area contributed by atoms with E-state index in [4.69, 9.17) is 0 Å². The first kappa shape index (κ1) is 15.5. The third kappa shape index (κ3) is 3.28. The third-order valence-corrected chi connectivity index (χ3v) is 6.63. The van der Waals surface area contributed by atoms with Gasteiger partial charge in [-0.3, -0.25) is 0 Å². The molecule has 5 unspecified atom stereocenters. The fourth-order valence-corrected chi connectivity index (χ4v) is 5.55. The highest BCUT2D eigenvalue weighted by Crippen LogP contribution is 2.49. The molecule has 2 saturated carbocycles. The van der Waals surface area contributed by atoms with Crippen LogP contribution in [0.3, 0.4) is 0 Å². The minimum absolute atomic E-state index is 0.568. The van der Waals surface area contributed by atoms with Crippen molar-refractivity contribution in [2.24, 2.45) is 17.8 Å². The maximum Gasteiger partial charge on any atom is 0.0372 e. The van der Waals surface area contributed by atoms with E-state index in [0.29, 0.717) is 12.1 Å². The third-order valence-electron chi connectivity index (χ3n) is 6.63. The number of anilines is 1. The lowest BCUT2D eigenvalue weighted by Gasteiger charge is -2.31. The molecule has 4 rings (SSSR count). The van der Waals surface area contributed by atoms with Crippen LogP contribution >= 0.6 is 0 Å². The van der Waals surface area contributed by atoms with Crippen LogP contribution in [0, 0.1) is 17.8 Å². The van der Waals surface area contributed by atoms with Crippen LogP contribution in [-0.4, -0.2) is 18.6 Å². The number of benzene rings is 1. The molecule has 3 aliphatic rings. The molecule has 23 heavy (non-hydrogen) atoms. The van der Waals surface area contributed by atoms with E-state index in [2.05, 4.69) is 42.7 Å². The molecule has 126 valence electrons. The first-order valence-electron chi connectivity index (χ1n) is 9.81. The molecule has 2 fully saturated rings. The highest BCUT2D eigenvalue weighted by atomic mass is 14.9. The maximum atomic E-state index is 3.92. The van der Waals surface area contributed by atoms with Gasteiger partial charge in [-0.1, -0.05) is 18.6 Å². The molecule has 0 spiro atoms. The van der Waals surface area contributed by atoms with E-state index in [0.717, 1.165) is 30.7 Å². The Morgan fingerprint density at radius 1 is 1.22 bits per heavy atom. The van der Waals surface area contributed by atoms with Crippen LogP contribution in [0.1, 0.15) is 57.1 Å². The Balaban J connectivity index is 1.33. The Hall–Kier alpha value is -1.02. The van der Waals surface area contributed by atoms with E-state index in [1.807, 2.05) is 0 Å². The smallest absolute Gasteiger partial charge is 0.0372 e. The molecule has 0 amide bonds. The quantitative estimate of drug-likeness (QED) is 0.842. The van der Waals surface area contributed by atoms with Crippen molar-refractivity contribution >= 4 is 5.69 Å². The molecule has 2 heteroatoms. The van der Waals surface area contributed by atoms with Crippen molar-refractivity contribution in [2.75, 3.05) is 11.9 Å². The molecule has 0 radical (unpaired) electrons. The monoisotopic (exact) mass is 312 g/mol. The number of hydrogen-bond acceptors (Lipinski definition) is 2. The van der Waals surface area contributed by atoms with Crippen LogP contribution < -0.4 is 10.6 Å². The van der Waals surface area contributed by atoms with Gasteiger partial charge in [-0.25, -0.2) is 0 Å². The Kier molecular flexibility index (Phi) is 4.36. The molecule has 1 aromatic carbocycles. The highest BCUT2D eigenvalue weighted by Gasteiger charge is 2.41. The van der Waals surface area contributed by atoms with Gasteiger partial charge in [-0.15, -0.1) is 0 Å². The summed E-state index contributed by atoms with van der Waals surface area (Å²) < 4.78 is 0. The van der Waals surface area contributed by atoms with Crippen molar-refractivity contribution < 1.29 is 0 Å². The summed E-state index contributed by atoms with van der Waals surface area (Å²) in [4.78, 5) is 0. The average Bonchev–Trinajstić information content (AvgIpc) is 3.17. The average molecular weight is 313 g/mol. The predicted octanol–water partition coefficient (Wildman–Crippen LogP) is 4.39. The van der Waals surface area contributed by atoms with E-state index in [-0.39, 0.29) is 0 Å². The van der Waals surface area contributed by atoms with Crippen LogP contribution in [0.15, 0.2) is 18.2 Å². The van der Waals surface area contributed by atoms with E-state index >= 15 is 0 Å². The second kappa shape index (κ2) is 6.47. The predicted molar refractivity (Wildman–Crippen MR) is 98.0 cm³/mol. The number of nitrogens with one attached hydrogen (secondary N) is 2. The summed E-state index contributed by atoms with van der Waals surface area (Å²) >= 11 is 0. The molecule has 2 aliphatic carbocycles. The summed E-state index contributed by atoms with van der Waals surface area (Å²) in [5.74, 6) is 3.01. The SMILES string of the molecule is CC(Cc1ccc2c(c1)CCCN2)NC(C)C1CC2CCC1C2. The van der Waals surface area contributed by atoms with Crippen LogP contribution in [0.4, 0.5) is 5.69 Å². The Morgan fingerprint density at radius 3 is 2.91 bits per heavy atom. The van der Waals surface area contributed by atoms with Crippen molar-refractivity contribution in [3.05, 3.63) is 29.3 Å². The Labute approximate surface area is 141 Å². The first-order valence-corrected chi connectivity index (χ1v) is 9.81. The van der Waals surface area contributed by atoms with Gasteiger partial charge in [0, 0.05) is 24.3 Å². The molecule has 1 aliphatic heterocycles. The van der Waals surface area contributed by atoms with Gasteiger partial charge in [-0.2, -0.15) is 0 Å². The van der Waals surface area contributed by atoms with Gasteiger partial charge in [0.05, 0.1) is 0 Å². The zero-order chi connectivity index (χ0) is 15.8. The minimum atomic E-state index is 0.568. The minimum Gasteiger partial charge on any atom is -0.385 e. The zero-order valence-corrected chi connectivity index (χ0v) is 14.8.